The molecule has 3 aromatic rings. The van der Waals surface area contributed by atoms with E-state index in [-0.39, 0.29) is 38.8 Å². The molecule has 152 valence electrons. The van der Waals surface area contributed by atoms with Gasteiger partial charge in [-0.15, -0.1) is 0 Å². The van der Waals surface area contributed by atoms with Crippen molar-refractivity contribution in [2.24, 2.45) is 0 Å². The standard InChI is InChI=1S/C22H14Cl3NO4/c23-17-9-15(21(27)28)20(19(25)18(17)24)26-22(29)30-10-16-13-7-3-1-5-11(13)12-6-2-4-8-14(12)16/h1-9,16H,10H2,(H,26,29)(H,27,28). The molecule has 0 saturated carbocycles. The van der Waals surface area contributed by atoms with Crippen LogP contribution in [0.3, 0.4) is 0 Å². The maximum atomic E-state index is 12.5. The van der Waals surface area contributed by atoms with E-state index in [1.807, 2.05) is 48.5 Å². The van der Waals surface area contributed by atoms with Crippen LogP contribution in [-0.2, 0) is 4.74 Å². The molecule has 1 aliphatic carbocycles. The molecule has 3 aromatic carbocycles. The predicted octanol–water partition coefficient (Wildman–Crippen LogP) is 6.71. The molecule has 0 fully saturated rings. The molecular weight excluding hydrogens is 449 g/mol. The number of aromatic carboxylic acids is 1. The monoisotopic (exact) mass is 461 g/mol. The molecule has 30 heavy (non-hydrogen) atoms. The fraction of sp³-hybridized carbons (Fsp3) is 0.0909. The molecule has 0 heterocycles. The maximum Gasteiger partial charge on any atom is 0.411 e. The average molecular weight is 463 g/mol. The van der Waals surface area contributed by atoms with Crippen molar-refractivity contribution in [3.05, 3.63) is 86.4 Å². The maximum absolute atomic E-state index is 12.5. The highest BCUT2D eigenvalue weighted by atomic mass is 35.5. The Morgan fingerprint density at radius 3 is 2.07 bits per heavy atom. The van der Waals surface area contributed by atoms with Gasteiger partial charge >= 0.3 is 12.1 Å². The van der Waals surface area contributed by atoms with E-state index in [2.05, 4.69) is 5.32 Å². The van der Waals surface area contributed by atoms with E-state index < -0.39 is 12.1 Å². The topological polar surface area (TPSA) is 75.6 Å². The second kappa shape index (κ2) is 8.19. The molecule has 4 rings (SSSR count). The molecular formula is C22H14Cl3NO4. The van der Waals surface area contributed by atoms with Crippen LogP contribution in [0.2, 0.25) is 15.1 Å². The van der Waals surface area contributed by atoms with Crippen LogP contribution in [0.1, 0.15) is 27.4 Å². The summed E-state index contributed by atoms with van der Waals surface area (Å²) >= 11 is 18.0. The number of carboxylic acids is 1. The lowest BCUT2D eigenvalue weighted by molar-refractivity contribution is 0.0698. The minimum atomic E-state index is -1.32. The molecule has 8 heteroatoms. The fourth-order valence-electron chi connectivity index (χ4n) is 3.62. The third-order valence-corrected chi connectivity index (χ3v) is 6.23. The van der Waals surface area contributed by atoms with Gasteiger partial charge in [0.15, 0.2) is 0 Å². The van der Waals surface area contributed by atoms with Gasteiger partial charge in [0.25, 0.3) is 0 Å². The number of anilines is 1. The minimum absolute atomic E-state index is 0.0304. The molecule has 0 unspecified atom stereocenters. The molecule has 1 amide bonds. The zero-order valence-electron chi connectivity index (χ0n) is 15.3. The summed E-state index contributed by atoms with van der Waals surface area (Å²) in [4.78, 5) is 24.0. The lowest BCUT2D eigenvalue weighted by Gasteiger charge is -2.16. The highest BCUT2D eigenvalue weighted by Crippen LogP contribution is 2.44. The highest BCUT2D eigenvalue weighted by Gasteiger charge is 2.29. The number of carboxylic acid groups (broad SMARTS) is 1. The van der Waals surface area contributed by atoms with Crippen LogP contribution in [0.15, 0.2) is 54.6 Å². The van der Waals surface area contributed by atoms with Crippen molar-refractivity contribution in [3.63, 3.8) is 0 Å². The first-order valence-corrected chi connectivity index (χ1v) is 10.0. The SMILES string of the molecule is O=C(Nc1c(C(=O)O)cc(Cl)c(Cl)c1Cl)OCC1c2ccccc2-c2ccccc21. The quantitative estimate of drug-likeness (QED) is 0.423. The third kappa shape index (κ3) is 3.60. The van der Waals surface area contributed by atoms with Gasteiger partial charge in [0.2, 0.25) is 0 Å². The normalized spacial score (nSPS) is 12.2. The Labute approximate surface area is 187 Å². The summed E-state index contributed by atoms with van der Waals surface area (Å²) in [5.41, 5.74) is 3.86. The molecule has 0 radical (unpaired) electrons. The third-order valence-electron chi connectivity index (χ3n) is 4.96. The van der Waals surface area contributed by atoms with Gasteiger partial charge < -0.3 is 9.84 Å². The molecule has 0 aromatic heterocycles. The van der Waals surface area contributed by atoms with Gasteiger partial charge in [0.05, 0.1) is 26.3 Å². The Hall–Kier alpha value is -2.73. The van der Waals surface area contributed by atoms with Gasteiger partial charge in [0.1, 0.15) is 6.61 Å². The number of hydrogen-bond acceptors (Lipinski definition) is 3. The van der Waals surface area contributed by atoms with Crippen molar-refractivity contribution in [1.29, 1.82) is 0 Å². The number of fused-ring (bicyclic) bond motifs is 3. The van der Waals surface area contributed by atoms with Gasteiger partial charge in [-0.1, -0.05) is 83.3 Å². The predicted molar refractivity (Wildman–Crippen MR) is 117 cm³/mol. The van der Waals surface area contributed by atoms with Crippen molar-refractivity contribution in [1.82, 2.24) is 0 Å². The van der Waals surface area contributed by atoms with E-state index in [9.17, 15) is 14.7 Å². The Balaban J connectivity index is 1.56. The summed E-state index contributed by atoms with van der Waals surface area (Å²) in [6, 6.07) is 17.0. The summed E-state index contributed by atoms with van der Waals surface area (Å²) < 4.78 is 5.43. The largest absolute Gasteiger partial charge is 0.478 e. The Morgan fingerprint density at radius 1 is 0.933 bits per heavy atom. The van der Waals surface area contributed by atoms with Gasteiger partial charge in [0, 0.05) is 5.92 Å². The van der Waals surface area contributed by atoms with E-state index >= 15 is 0 Å². The molecule has 0 atom stereocenters. The van der Waals surface area contributed by atoms with Gasteiger partial charge in [-0.05, 0) is 28.3 Å². The minimum Gasteiger partial charge on any atom is -0.478 e. The zero-order valence-corrected chi connectivity index (χ0v) is 17.6. The van der Waals surface area contributed by atoms with E-state index in [1.165, 1.54) is 0 Å². The van der Waals surface area contributed by atoms with E-state index in [0.29, 0.717) is 0 Å². The number of halogens is 3. The first-order valence-electron chi connectivity index (χ1n) is 8.91. The highest BCUT2D eigenvalue weighted by molar-refractivity contribution is 6.49. The lowest BCUT2D eigenvalue weighted by atomic mass is 9.98. The van der Waals surface area contributed by atoms with Crippen molar-refractivity contribution >= 4 is 52.6 Å². The van der Waals surface area contributed by atoms with Crippen LogP contribution in [0.5, 0.6) is 0 Å². The number of carbonyl (C=O) groups is 2. The summed E-state index contributed by atoms with van der Waals surface area (Å²) in [7, 11) is 0. The molecule has 1 aliphatic rings. The van der Waals surface area contributed by atoms with Gasteiger partial charge in [-0.3, -0.25) is 5.32 Å². The van der Waals surface area contributed by atoms with Crippen molar-refractivity contribution in [2.45, 2.75) is 5.92 Å². The Kier molecular flexibility index (Phi) is 5.60. The summed E-state index contributed by atoms with van der Waals surface area (Å²) in [6.07, 6.45) is -0.848. The molecule has 2 N–H and O–H groups in total. The van der Waals surface area contributed by atoms with Gasteiger partial charge in [-0.2, -0.15) is 0 Å². The van der Waals surface area contributed by atoms with Crippen LogP contribution in [0.25, 0.3) is 11.1 Å². The molecule has 0 spiro atoms. The van der Waals surface area contributed by atoms with Crippen molar-refractivity contribution in [2.75, 3.05) is 11.9 Å². The van der Waals surface area contributed by atoms with E-state index in [0.717, 1.165) is 28.3 Å². The Morgan fingerprint density at radius 2 is 1.50 bits per heavy atom. The van der Waals surface area contributed by atoms with E-state index in [4.69, 9.17) is 39.5 Å². The van der Waals surface area contributed by atoms with Crippen molar-refractivity contribution < 1.29 is 19.4 Å². The average Bonchev–Trinajstić information content (AvgIpc) is 3.06. The van der Waals surface area contributed by atoms with E-state index in [1.54, 1.807) is 0 Å². The summed E-state index contributed by atoms with van der Waals surface area (Å²) in [6.45, 7) is 0.0706. The molecule has 0 aliphatic heterocycles. The van der Waals surface area contributed by atoms with Crippen molar-refractivity contribution in [3.8, 4) is 11.1 Å². The van der Waals surface area contributed by atoms with Gasteiger partial charge in [-0.25, -0.2) is 9.59 Å². The summed E-state index contributed by atoms with van der Waals surface area (Å²) in [5.74, 6) is -1.45. The number of carbonyl (C=O) groups excluding carboxylic acids is 1. The lowest BCUT2D eigenvalue weighted by Crippen LogP contribution is -2.19. The smallest absolute Gasteiger partial charge is 0.411 e. The number of rotatable bonds is 4. The number of benzene rings is 3. The second-order valence-electron chi connectivity index (χ2n) is 6.66. The summed E-state index contributed by atoms with van der Waals surface area (Å²) in [5, 5.41) is 11.5. The Bertz CT molecular complexity index is 1130. The number of ether oxygens (including phenoxy) is 1. The first kappa shape index (κ1) is 20.5. The number of amides is 1. The van der Waals surface area contributed by atoms with Crippen LogP contribution in [-0.4, -0.2) is 23.8 Å². The van der Waals surface area contributed by atoms with Crippen LogP contribution in [0, 0.1) is 0 Å². The molecule has 5 nitrogen and oxygen atoms in total. The molecule has 0 bridgehead atoms. The van der Waals surface area contributed by atoms with Crippen LogP contribution < -0.4 is 5.32 Å². The second-order valence-corrected chi connectivity index (χ2v) is 7.83. The first-order chi connectivity index (χ1) is 14.4. The fourth-order valence-corrected chi connectivity index (χ4v) is 4.27. The van der Waals surface area contributed by atoms with Crippen LogP contribution in [0.4, 0.5) is 10.5 Å². The number of nitrogens with one attached hydrogen (secondary N) is 1. The number of hydrogen-bond donors (Lipinski definition) is 2. The zero-order chi connectivity index (χ0) is 21.4. The van der Waals surface area contributed by atoms with Crippen LogP contribution >= 0.6 is 34.8 Å². The molecule has 0 saturated heterocycles.